The Morgan fingerprint density at radius 1 is 1.22 bits per heavy atom. The predicted octanol–water partition coefficient (Wildman–Crippen LogP) is 4.75. The van der Waals surface area contributed by atoms with Crippen LogP contribution in [0.25, 0.3) is 16.9 Å². The molecule has 1 aliphatic heterocycles. The number of halogens is 1. The Hall–Kier alpha value is -2.45. The van der Waals surface area contributed by atoms with Gasteiger partial charge in [-0.2, -0.15) is 4.39 Å². The number of hydrogen-bond donors (Lipinski definition) is 1. The number of aliphatic hydroxyl groups excluding tert-OH is 1. The summed E-state index contributed by atoms with van der Waals surface area (Å²) in [5, 5.41) is 12.0. The van der Waals surface area contributed by atoms with Gasteiger partial charge < -0.3 is 14.7 Å². The summed E-state index contributed by atoms with van der Waals surface area (Å²) in [4.78, 5) is 11.8. The van der Waals surface area contributed by atoms with Crippen molar-refractivity contribution in [2.24, 2.45) is 0 Å². The molecule has 172 valence electrons. The molecule has 0 saturated carbocycles. The van der Waals surface area contributed by atoms with E-state index in [4.69, 9.17) is 4.74 Å². The summed E-state index contributed by atoms with van der Waals surface area (Å²) in [6, 6.07) is 5.30. The van der Waals surface area contributed by atoms with Crippen molar-refractivity contribution in [3.8, 4) is 17.0 Å². The zero-order valence-corrected chi connectivity index (χ0v) is 20.1. The van der Waals surface area contributed by atoms with Crippen LogP contribution in [0.1, 0.15) is 40.5 Å². The quantitative estimate of drug-likeness (QED) is 0.451. The summed E-state index contributed by atoms with van der Waals surface area (Å²) in [5.41, 5.74) is 2.27. The number of piperidine rings is 1. The lowest BCUT2D eigenvalue weighted by molar-refractivity contribution is 0.145. The first kappa shape index (κ1) is 22.7. The summed E-state index contributed by atoms with van der Waals surface area (Å²) in [5.74, 6) is 0.870. The van der Waals surface area contributed by atoms with Gasteiger partial charge in [-0.05, 0) is 25.8 Å². The third-order valence-corrected chi connectivity index (χ3v) is 8.36. The van der Waals surface area contributed by atoms with Crippen LogP contribution >= 0.6 is 10.5 Å². The van der Waals surface area contributed by atoms with E-state index in [9.17, 15) is 9.50 Å². The Morgan fingerprint density at radius 2 is 1.94 bits per heavy atom. The lowest BCUT2D eigenvalue weighted by atomic mass is 10.1. The third kappa shape index (κ3) is 4.38. The normalized spacial score (nSPS) is 16.7. The first-order valence-corrected chi connectivity index (χ1v) is 12.2. The largest absolute Gasteiger partial charge is 0.495 e. The van der Waals surface area contributed by atoms with Gasteiger partial charge in [0.15, 0.2) is 0 Å². The van der Waals surface area contributed by atoms with Gasteiger partial charge in [0, 0.05) is 41.7 Å². The number of rotatable bonds is 4. The topological polar surface area (TPSA) is 62.9 Å². The molecule has 4 rings (SSSR count). The van der Waals surface area contributed by atoms with Gasteiger partial charge in [0.2, 0.25) is 5.95 Å². The highest BCUT2D eigenvalue weighted by Gasteiger charge is 2.23. The van der Waals surface area contributed by atoms with E-state index in [1.165, 1.54) is 6.07 Å². The van der Waals surface area contributed by atoms with Gasteiger partial charge in [0.1, 0.15) is 17.2 Å². The van der Waals surface area contributed by atoms with Crippen LogP contribution in [-0.2, 0) is 0 Å². The maximum Gasteiger partial charge on any atom is 0.215 e. The molecular weight excluding hydrogens is 427 g/mol. The second-order valence-electron chi connectivity index (χ2n) is 9.02. The molecule has 1 unspecified atom stereocenters. The van der Waals surface area contributed by atoms with Crippen LogP contribution in [0.15, 0.2) is 35.5 Å². The Labute approximate surface area is 191 Å². The number of pyridine rings is 2. The van der Waals surface area contributed by atoms with Gasteiger partial charge in [-0.1, -0.05) is 26.1 Å². The number of aliphatic hydroxyl groups is 1. The molecule has 3 aromatic rings. The molecule has 1 saturated heterocycles. The van der Waals surface area contributed by atoms with Crippen molar-refractivity contribution in [2.75, 3.05) is 25.1 Å². The summed E-state index contributed by atoms with van der Waals surface area (Å²) in [6.45, 7) is 10.0. The van der Waals surface area contributed by atoms with Crippen molar-refractivity contribution in [2.45, 2.75) is 56.3 Å². The zero-order chi connectivity index (χ0) is 23.0. The monoisotopic (exact) mass is 458 g/mol. The maximum atomic E-state index is 14.5. The summed E-state index contributed by atoms with van der Waals surface area (Å²) in [6.07, 6.45) is 4.87. The summed E-state index contributed by atoms with van der Waals surface area (Å²) >= 11 is 0. The number of aromatic nitrogens is 3. The minimum absolute atomic E-state index is 0.0330. The van der Waals surface area contributed by atoms with E-state index in [2.05, 4.69) is 49.2 Å². The van der Waals surface area contributed by atoms with Crippen molar-refractivity contribution in [3.63, 3.8) is 0 Å². The highest BCUT2D eigenvalue weighted by molar-refractivity contribution is 8.16. The molecule has 1 aliphatic rings. The smallest absolute Gasteiger partial charge is 0.215 e. The Kier molecular flexibility index (Phi) is 6.27. The van der Waals surface area contributed by atoms with E-state index >= 15 is 0 Å². The van der Waals surface area contributed by atoms with Crippen molar-refractivity contribution in [1.82, 2.24) is 14.4 Å². The molecule has 1 fully saturated rings. The number of imidazole rings is 1. The number of ether oxygens (including phenoxy) is 1. The minimum atomic E-state index is -0.524. The summed E-state index contributed by atoms with van der Waals surface area (Å²) in [7, 11) is 1.52. The van der Waals surface area contributed by atoms with Gasteiger partial charge in [0.05, 0.1) is 30.0 Å². The van der Waals surface area contributed by atoms with E-state index in [1.807, 2.05) is 21.4 Å². The fourth-order valence-corrected chi connectivity index (χ4v) is 6.42. The molecule has 0 spiro atoms. The molecule has 8 heteroatoms. The van der Waals surface area contributed by atoms with E-state index in [0.717, 1.165) is 27.5 Å². The first-order valence-electron chi connectivity index (χ1n) is 10.9. The van der Waals surface area contributed by atoms with E-state index in [0.29, 0.717) is 31.7 Å². The van der Waals surface area contributed by atoms with Crippen LogP contribution in [0.5, 0.6) is 5.75 Å². The van der Waals surface area contributed by atoms with Crippen LogP contribution in [0, 0.1) is 5.95 Å². The van der Waals surface area contributed by atoms with Crippen molar-refractivity contribution in [3.05, 3.63) is 36.5 Å². The SMILES string of the molecule is C/C=S(\c1cn2c(-c3cc(F)nc(N4CCC(O)CC4)c3)cnc2cc1OC)C(C)(C)C. The maximum absolute atomic E-state index is 14.5. The fourth-order valence-electron chi connectivity index (χ4n) is 4.22. The van der Waals surface area contributed by atoms with Crippen LogP contribution in [0.2, 0.25) is 0 Å². The molecule has 0 bridgehead atoms. The molecule has 1 N–H and O–H groups in total. The number of fused-ring (bicyclic) bond motifs is 1. The van der Waals surface area contributed by atoms with E-state index < -0.39 is 5.95 Å². The molecular formula is C24H31FN4O2S. The molecule has 0 aromatic carbocycles. The number of anilines is 1. The van der Waals surface area contributed by atoms with Gasteiger partial charge in [-0.15, -0.1) is 10.5 Å². The minimum Gasteiger partial charge on any atom is -0.495 e. The molecule has 3 aromatic heterocycles. The Balaban J connectivity index is 1.83. The van der Waals surface area contributed by atoms with Crippen molar-refractivity contribution in [1.29, 1.82) is 0 Å². The fraction of sp³-hybridized carbons (Fsp3) is 0.458. The zero-order valence-electron chi connectivity index (χ0n) is 19.3. The molecule has 32 heavy (non-hydrogen) atoms. The highest BCUT2D eigenvalue weighted by atomic mass is 32.2. The second kappa shape index (κ2) is 8.83. The van der Waals surface area contributed by atoms with Crippen LogP contribution in [0.3, 0.4) is 0 Å². The number of methoxy groups -OCH3 is 1. The van der Waals surface area contributed by atoms with Gasteiger partial charge in [-0.3, -0.25) is 4.40 Å². The number of hydrogen-bond acceptors (Lipinski definition) is 5. The second-order valence-corrected chi connectivity index (χ2v) is 11.8. The molecule has 0 aliphatic carbocycles. The standard InChI is InChI=1S/C24H31FN4O2S/c1-6-32(24(2,3)4)20-15-29-18(14-26-22(29)13-19(20)31-5)16-11-21(25)27-23(12-16)28-9-7-17(30)8-10-28/h6,11-15,17,30H,7-10H2,1-5H3. The predicted molar refractivity (Wildman–Crippen MR) is 130 cm³/mol. The lowest BCUT2D eigenvalue weighted by Gasteiger charge is -2.30. The average molecular weight is 459 g/mol. The Bertz CT molecular complexity index is 1160. The molecule has 0 radical (unpaired) electrons. The van der Waals surface area contributed by atoms with Crippen LogP contribution < -0.4 is 9.64 Å². The third-order valence-electron chi connectivity index (χ3n) is 5.79. The Morgan fingerprint density at radius 3 is 2.56 bits per heavy atom. The van der Waals surface area contributed by atoms with Crippen LogP contribution in [-0.4, -0.2) is 55.9 Å². The van der Waals surface area contributed by atoms with E-state index in [-0.39, 0.29) is 21.3 Å². The number of nitrogens with zero attached hydrogens (tertiary/aromatic N) is 4. The van der Waals surface area contributed by atoms with Crippen molar-refractivity contribution < 1.29 is 14.2 Å². The summed E-state index contributed by atoms with van der Waals surface area (Å²) < 4.78 is 22.3. The average Bonchev–Trinajstić information content (AvgIpc) is 3.15. The van der Waals surface area contributed by atoms with Crippen LogP contribution in [0.4, 0.5) is 10.2 Å². The van der Waals surface area contributed by atoms with Gasteiger partial charge in [0.25, 0.3) is 0 Å². The molecule has 0 amide bonds. The van der Waals surface area contributed by atoms with Gasteiger partial charge in [-0.25, -0.2) is 9.97 Å². The van der Waals surface area contributed by atoms with Gasteiger partial charge >= 0.3 is 0 Å². The molecule has 4 heterocycles. The molecule has 6 nitrogen and oxygen atoms in total. The first-order chi connectivity index (χ1) is 15.2. The van der Waals surface area contributed by atoms with E-state index in [1.54, 1.807) is 13.3 Å². The molecule has 1 atom stereocenters. The highest BCUT2D eigenvalue weighted by Crippen LogP contribution is 2.44. The lowest BCUT2D eigenvalue weighted by Crippen LogP contribution is -2.36. The van der Waals surface area contributed by atoms with Crippen molar-refractivity contribution >= 4 is 27.3 Å².